The monoisotopic (exact) mass is 343 g/mol. The number of morpholine rings is 1. The molecule has 0 spiro atoms. The van der Waals surface area contributed by atoms with E-state index in [-0.39, 0.29) is 5.91 Å². The van der Waals surface area contributed by atoms with Gasteiger partial charge in [0, 0.05) is 26.2 Å². The zero-order chi connectivity index (χ0) is 18.4. The molecule has 0 radical (unpaired) electrons. The Kier molecular flexibility index (Phi) is 7.48. The molecule has 1 heterocycles. The minimum absolute atomic E-state index is 0.193. The quantitative estimate of drug-likeness (QED) is 0.788. The molecule has 140 valence electrons. The molecule has 1 saturated heterocycles. The number of carbonyl (C=O) groups excluding carboxylic acids is 2. The number of nitrogens with one attached hydrogen (secondary N) is 2. The van der Waals surface area contributed by atoms with Gasteiger partial charge in [-0.3, -0.25) is 9.69 Å². The number of nitrogens with zero attached hydrogens (tertiary/aromatic N) is 1. The number of carbonyl (C=O) groups is 2. The third kappa shape index (κ3) is 7.97. The molecule has 0 aromatic carbocycles. The van der Waals surface area contributed by atoms with Crippen molar-refractivity contribution in [3.63, 3.8) is 0 Å². The van der Waals surface area contributed by atoms with Crippen LogP contribution in [0.25, 0.3) is 0 Å². The second-order valence-corrected chi connectivity index (χ2v) is 8.19. The molecular weight excluding hydrogens is 310 g/mol. The fraction of sp³-hybridized carbons (Fsp3) is 0.882. The highest BCUT2D eigenvalue weighted by Gasteiger charge is 2.34. The summed E-state index contributed by atoms with van der Waals surface area (Å²) in [4.78, 5) is 26.8. The molecule has 1 aliphatic heterocycles. The molecule has 7 heteroatoms. The van der Waals surface area contributed by atoms with Gasteiger partial charge in [-0.15, -0.1) is 0 Å². The summed E-state index contributed by atoms with van der Waals surface area (Å²) in [5.41, 5.74) is -1.01. The van der Waals surface area contributed by atoms with Gasteiger partial charge >= 0.3 is 6.09 Å². The van der Waals surface area contributed by atoms with Crippen molar-refractivity contribution in [2.45, 2.75) is 53.2 Å². The average Bonchev–Trinajstić information content (AvgIpc) is 2.42. The molecule has 2 amide bonds. The Balaban J connectivity index is 2.51. The van der Waals surface area contributed by atoms with Gasteiger partial charge in [0.25, 0.3) is 0 Å². The van der Waals surface area contributed by atoms with Crippen LogP contribution in [0.15, 0.2) is 0 Å². The van der Waals surface area contributed by atoms with Crippen LogP contribution >= 0.6 is 0 Å². The summed E-state index contributed by atoms with van der Waals surface area (Å²) in [6.07, 6.45) is -0.578. The number of hydrogen-bond donors (Lipinski definition) is 2. The molecule has 0 unspecified atom stereocenters. The van der Waals surface area contributed by atoms with Gasteiger partial charge in [-0.25, -0.2) is 4.79 Å². The second-order valence-electron chi connectivity index (χ2n) is 8.19. The van der Waals surface area contributed by atoms with Gasteiger partial charge < -0.3 is 20.1 Å². The van der Waals surface area contributed by atoms with E-state index in [0.29, 0.717) is 6.54 Å². The Bertz CT molecular complexity index is 421. The Morgan fingerprint density at radius 3 is 2.21 bits per heavy atom. The van der Waals surface area contributed by atoms with Crippen molar-refractivity contribution in [1.82, 2.24) is 15.5 Å². The highest BCUT2D eigenvalue weighted by atomic mass is 16.6. The Hall–Kier alpha value is -1.34. The summed E-state index contributed by atoms with van der Waals surface area (Å²) >= 11 is 0. The Morgan fingerprint density at radius 2 is 1.71 bits per heavy atom. The molecule has 2 N–H and O–H groups in total. The Morgan fingerprint density at radius 1 is 1.12 bits per heavy atom. The first-order valence-electron chi connectivity index (χ1n) is 8.56. The predicted octanol–water partition coefficient (Wildman–Crippen LogP) is 1.37. The molecule has 1 aliphatic rings. The van der Waals surface area contributed by atoms with Crippen LogP contribution in [-0.2, 0) is 14.3 Å². The second kappa shape index (κ2) is 8.67. The topological polar surface area (TPSA) is 79.9 Å². The van der Waals surface area contributed by atoms with E-state index in [1.165, 1.54) is 0 Å². The van der Waals surface area contributed by atoms with Crippen LogP contribution in [0.2, 0.25) is 0 Å². The summed E-state index contributed by atoms with van der Waals surface area (Å²) in [6, 6.07) is -0.656. The standard InChI is InChI=1S/C17H33N3O4/c1-16(2,3)13(19-15(22)24-17(4,5)6)14(21)18-7-8-20-9-11-23-12-10-20/h13H,7-12H2,1-6H3,(H,18,21)(H,19,22)/t13-/m1/s1. The lowest BCUT2D eigenvalue weighted by Crippen LogP contribution is -2.55. The number of alkyl carbamates (subject to hydrolysis) is 1. The zero-order valence-corrected chi connectivity index (χ0v) is 15.9. The van der Waals surface area contributed by atoms with Gasteiger partial charge in [0.15, 0.2) is 0 Å². The van der Waals surface area contributed by atoms with E-state index in [2.05, 4.69) is 15.5 Å². The number of ether oxygens (including phenoxy) is 2. The van der Waals surface area contributed by atoms with Gasteiger partial charge in [-0.05, 0) is 26.2 Å². The maximum absolute atomic E-state index is 12.5. The van der Waals surface area contributed by atoms with Crippen LogP contribution in [0.4, 0.5) is 4.79 Å². The molecule has 0 bridgehead atoms. The van der Waals surface area contributed by atoms with Gasteiger partial charge in [-0.1, -0.05) is 20.8 Å². The summed E-state index contributed by atoms with van der Waals surface area (Å²) in [6.45, 7) is 15.7. The highest BCUT2D eigenvalue weighted by Crippen LogP contribution is 2.20. The molecule has 0 aromatic heterocycles. The highest BCUT2D eigenvalue weighted by molar-refractivity contribution is 5.86. The molecule has 1 fully saturated rings. The maximum Gasteiger partial charge on any atom is 0.408 e. The number of amides is 2. The van der Waals surface area contributed by atoms with Crippen LogP contribution in [-0.4, -0.2) is 67.9 Å². The summed E-state index contributed by atoms with van der Waals surface area (Å²) < 4.78 is 10.6. The molecule has 7 nitrogen and oxygen atoms in total. The summed E-state index contributed by atoms with van der Waals surface area (Å²) in [5, 5.41) is 5.61. The van der Waals surface area contributed by atoms with Crippen molar-refractivity contribution in [3.8, 4) is 0 Å². The lowest BCUT2D eigenvalue weighted by atomic mass is 9.86. The van der Waals surface area contributed by atoms with E-state index >= 15 is 0 Å². The molecular formula is C17H33N3O4. The van der Waals surface area contributed by atoms with E-state index in [9.17, 15) is 9.59 Å². The van der Waals surface area contributed by atoms with E-state index in [1.807, 2.05) is 20.8 Å². The van der Waals surface area contributed by atoms with Crippen molar-refractivity contribution < 1.29 is 19.1 Å². The molecule has 1 rings (SSSR count). The molecule has 0 aromatic rings. The van der Waals surface area contributed by atoms with Crippen LogP contribution in [0.1, 0.15) is 41.5 Å². The summed E-state index contributed by atoms with van der Waals surface area (Å²) in [7, 11) is 0. The molecule has 0 aliphatic carbocycles. The van der Waals surface area contributed by atoms with Crippen LogP contribution < -0.4 is 10.6 Å². The van der Waals surface area contributed by atoms with Crippen molar-refractivity contribution in [2.24, 2.45) is 5.41 Å². The van der Waals surface area contributed by atoms with Crippen molar-refractivity contribution in [2.75, 3.05) is 39.4 Å². The third-order valence-corrected chi connectivity index (χ3v) is 3.62. The van der Waals surface area contributed by atoms with E-state index in [1.54, 1.807) is 20.8 Å². The Labute approximate surface area is 145 Å². The first-order valence-corrected chi connectivity index (χ1v) is 8.56. The van der Waals surface area contributed by atoms with Crippen molar-refractivity contribution in [1.29, 1.82) is 0 Å². The van der Waals surface area contributed by atoms with Crippen LogP contribution in [0.3, 0.4) is 0 Å². The average molecular weight is 343 g/mol. The van der Waals surface area contributed by atoms with Crippen molar-refractivity contribution >= 4 is 12.0 Å². The first kappa shape index (κ1) is 20.7. The van der Waals surface area contributed by atoms with E-state index in [4.69, 9.17) is 9.47 Å². The van der Waals surface area contributed by atoms with Gasteiger partial charge in [0.2, 0.25) is 5.91 Å². The SMILES string of the molecule is CC(C)(C)OC(=O)N[C@H](C(=O)NCCN1CCOCC1)C(C)(C)C. The fourth-order valence-electron chi connectivity index (χ4n) is 2.36. The minimum atomic E-state index is -0.656. The first-order chi connectivity index (χ1) is 11.0. The van der Waals surface area contributed by atoms with Gasteiger partial charge in [0.05, 0.1) is 13.2 Å². The van der Waals surface area contributed by atoms with Gasteiger partial charge in [-0.2, -0.15) is 0 Å². The number of rotatable bonds is 5. The van der Waals surface area contributed by atoms with E-state index in [0.717, 1.165) is 32.8 Å². The van der Waals surface area contributed by atoms with Crippen molar-refractivity contribution in [3.05, 3.63) is 0 Å². The number of hydrogen-bond acceptors (Lipinski definition) is 5. The van der Waals surface area contributed by atoms with Crippen LogP contribution in [0, 0.1) is 5.41 Å². The lowest BCUT2D eigenvalue weighted by molar-refractivity contribution is -0.125. The smallest absolute Gasteiger partial charge is 0.408 e. The van der Waals surface area contributed by atoms with Crippen LogP contribution in [0.5, 0.6) is 0 Å². The fourth-order valence-corrected chi connectivity index (χ4v) is 2.36. The molecule has 1 atom stereocenters. The zero-order valence-electron chi connectivity index (χ0n) is 15.9. The summed E-state index contributed by atoms with van der Waals surface area (Å²) in [5.74, 6) is -0.193. The normalized spacial score (nSPS) is 17.9. The lowest BCUT2D eigenvalue weighted by Gasteiger charge is -2.32. The maximum atomic E-state index is 12.5. The third-order valence-electron chi connectivity index (χ3n) is 3.62. The minimum Gasteiger partial charge on any atom is -0.444 e. The van der Waals surface area contributed by atoms with Gasteiger partial charge in [0.1, 0.15) is 11.6 Å². The predicted molar refractivity (Wildman–Crippen MR) is 92.9 cm³/mol. The molecule has 0 saturated carbocycles. The van der Waals surface area contributed by atoms with E-state index < -0.39 is 23.2 Å². The largest absolute Gasteiger partial charge is 0.444 e. The molecule has 24 heavy (non-hydrogen) atoms.